The van der Waals surface area contributed by atoms with E-state index in [1.807, 2.05) is 78.9 Å². The number of esters is 1. The zero-order chi connectivity index (χ0) is 70.0. The van der Waals surface area contributed by atoms with E-state index < -0.39 is 36.2 Å². The number of fused-ring (bicyclic) bond motifs is 10. The lowest BCUT2D eigenvalue weighted by Gasteiger charge is -2.14. The fraction of sp³-hybridized carbons (Fsp3) is 0.0833. The van der Waals surface area contributed by atoms with Crippen LogP contribution in [0.15, 0.2) is 222 Å². The van der Waals surface area contributed by atoms with Gasteiger partial charge in [0.1, 0.15) is 45.4 Å². The molecule has 0 atom stereocenters. The van der Waals surface area contributed by atoms with Gasteiger partial charge in [-0.3, -0.25) is 43.8 Å². The van der Waals surface area contributed by atoms with Crippen molar-refractivity contribution in [2.75, 3.05) is 11.9 Å². The number of benzene rings is 8. The predicted octanol–water partition coefficient (Wildman–Crippen LogP) is 13.9. The van der Waals surface area contributed by atoms with Gasteiger partial charge in [0.2, 0.25) is 43.9 Å². The third kappa shape index (κ3) is 14.1. The molecule has 0 saturated heterocycles. The Labute approximate surface area is 585 Å². The second-order valence-corrected chi connectivity index (χ2v) is 26.7. The highest BCUT2D eigenvalue weighted by Gasteiger charge is 2.31. The van der Waals surface area contributed by atoms with E-state index in [2.05, 4.69) is 45.5 Å². The number of amides is 1. The largest absolute Gasteiger partial charge is 0.473 e. The Morgan fingerprint density at radius 1 is 0.394 bits per heavy atom. The minimum Gasteiger partial charge on any atom is -0.473 e. The molecule has 0 radical (unpaired) electrons. The van der Waals surface area contributed by atoms with Crippen LogP contribution in [0.1, 0.15) is 28.5 Å². The van der Waals surface area contributed by atoms with Gasteiger partial charge in [-0.25, -0.2) is 4.79 Å². The van der Waals surface area contributed by atoms with E-state index in [4.69, 9.17) is 84.5 Å². The molecule has 0 bridgehead atoms. The molecule has 8 aromatic carbocycles. The number of carbonyl (C=O) groups is 2. The zero-order valence-electron chi connectivity index (χ0n) is 51.3. The van der Waals surface area contributed by atoms with Gasteiger partial charge in [-0.05, 0) is 115 Å². The summed E-state index contributed by atoms with van der Waals surface area (Å²) < 4.78 is 6.13. The fourth-order valence-electron chi connectivity index (χ4n) is 11.0. The molecule has 0 saturated carbocycles. The molecule has 10 N–H and O–H groups in total. The topological polar surface area (TPSA) is 331 Å². The summed E-state index contributed by atoms with van der Waals surface area (Å²) in [6.07, 6.45) is 0. The number of H-pyrrole nitrogens is 7. The monoisotopic (exact) mass is 1440 g/mol. The Morgan fingerprint density at radius 3 is 1.11 bits per heavy atom. The van der Waals surface area contributed by atoms with Gasteiger partial charge < -0.3 is 55.0 Å². The minimum absolute atomic E-state index is 0.0228. The number of halogens is 6. The fourth-order valence-corrected chi connectivity index (χ4v) is 11.4. The van der Waals surface area contributed by atoms with Gasteiger partial charge in [-0.15, -0.1) is 0 Å². The highest BCUT2D eigenvalue weighted by atomic mass is 35.6. The first kappa shape index (κ1) is 67.9. The molecule has 21 nitrogen and oxygen atoms in total. The van der Waals surface area contributed by atoms with E-state index in [1.54, 1.807) is 116 Å². The zero-order valence-corrected chi connectivity index (χ0v) is 55.8. The highest BCUT2D eigenvalue weighted by Crippen LogP contribution is 2.30. The molecule has 0 unspecified atom stereocenters. The SMILES string of the molecule is CCOC(=O)c1[nH]c2ccccc2c(=O)c1Nc1ccccc1.N=C(OCc1ccc2[nH]c3c(=O)c4cc(CNC(=O)C(Cl)(Cl)Cl)ccc4[nH]c3c(=O)c2c1)C(Cl)(Cl)Cl.O=c1c2ccccc2[nH]c2c(=O)c3ccccc3[nH]c12.O=c1c2ccccc2[nH]c2c(=O)c3ccccc3[nH]c12. The van der Waals surface area contributed by atoms with Crippen LogP contribution in [0.25, 0.3) is 109 Å². The second-order valence-electron chi connectivity index (χ2n) is 22.2. The van der Waals surface area contributed by atoms with E-state index in [-0.39, 0.29) is 69.3 Å². The first-order valence-electron chi connectivity index (χ1n) is 30.0. The van der Waals surface area contributed by atoms with Crippen LogP contribution in [-0.2, 0) is 27.4 Å². The van der Waals surface area contributed by atoms with Crippen LogP contribution in [0.3, 0.4) is 0 Å². The maximum absolute atomic E-state index is 13.3. The Hall–Kier alpha value is -11.0. The Morgan fingerprint density at radius 2 is 0.727 bits per heavy atom. The molecular weight excluding hydrogens is 1390 g/mol. The number of ether oxygens (including phenoxy) is 2. The van der Waals surface area contributed by atoms with Gasteiger partial charge >= 0.3 is 5.97 Å². The van der Waals surface area contributed by atoms with Crippen LogP contribution in [0.5, 0.6) is 0 Å². The summed E-state index contributed by atoms with van der Waals surface area (Å²) in [5.74, 6) is -1.92. The van der Waals surface area contributed by atoms with Crippen LogP contribution < -0.4 is 48.6 Å². The van der Waals surface area contributed by atoms with Gasteiger partial charge in [0.15, 0.2) is 5.69 Å². The summed E-state index contributed by atoms with van der Waals surface area (Å²) in [5, 5.41) is 16.5. The van der Waals surface area contributed by atoms with Crippen LogP contribution in [-0.4, -0.2) is 66.9 Å². The molecule has 15 rings (SSSR count). The molecule has 0 spiro atoms. The smallest absolute Gasteiger partial charge is 0.357 e. The van der Waals surface area contributed by atoms with Crippen molar-refractivity contribution in [2.24, 2.45) is 0 Å². The summed E-state index contributed by atoms with van der Waals surface area (Å²) in [4.78, 5) is 135. The normalized spacial score (nSPS) is 11.5. The molecule has 27 heteroatoms. The number of alkyl halides is 6. The molecule has 0 fully saturated rings. The van der Waals surface area contributed by atoms with Crippen molar-refractivity contribution in [2.45, 2.75) is 27.7 Å². The summed E-state index contributed by atoms with van der Waals surface area (Å²) >= 11 is 33.5. The van der Waals surface area contributed by atoms with Gasteiger partial charge in [0.25, 0.3) is 13.5 Å². The second kappa shape index (κ2) is 28.2. The Bertz CT molecular complexity index is 5760. The van der Waals surface area contributed by atoms with Gasteiger partial charge in [0.05, 0.1) is 12.1 Å². The molecule has 0 aliphatic rings. The van der Waals surface area contributed by atoms with Crippen molar-refractivity contribution in [3.63, 3.8) is 0 Å². The standard InChI is InChI=1S/C22H14Cl6N4O4.C18H16N2O3.2C16H10N2O2/c23-21(24,25)19(29)36-8-10-2-4-14-12(6-10)18(34)16-15(32-14)17(33)11-5-9(1-3-13(11)31-16)7-30-20(35)22(26,27)28;1-2-23-18(22)16-15(19-12-8-4-3-5-9-12)17(21)13-10-6-7-11-14(13)20-16;2*19-15-9-5-1-3-7-11(9)17-14-13(15)18-12-8-4-2-6-10(12)16(14)20/h1-6,29H,7-8H2,(H,30,35)(H,31,33)(H,32,34);3-11,19H,2H2,1H3,(H,20,21);2*1-8H,(H,17,19)(H,18,20). The number of para-hydroxylation sites is 6. The molecular formula is C72H50Cl6N10O11. The highest BCUT2D eigenvalue weighted by molar-refractivity contribution is 6.76. The van der Waals surface area contributed by atoms with E-state index in [0.717, 1.165) is 5.69 Å². The molecule has 496 valence electrons. The average molecular weight is 1440 g/mol. The average Bonchev–Trinajstić information content (AvgIpc) is 0.765. The van der Waals surface area contributed by atoms with E-state index in [9.17, 15) is 43.2 Å². The molecule has 99 heavy (non-hydrogen) atoms. The lowest BCUT2D eigenvalue weighted by molar-refractivity contribution is -0.120. The van der Waals surface area contributed by atoms with Crippen LogP contribution >= 0.6 is 69.6 Å². The van der Waals surface area contributed by atoms with Crippen molar-refractivity contribution in [1.82, 2.24) is 40.2 Å². The van der Waals surface area contributed by atoms with Crippen molar-refractivity contribution in [1.29, 1.82) is 5.41 Å². The predicted molar refractivity (Wildman–Crippen MR) is 396 cm³/mol. The first-order chi connectivity index (χ1) is 47.5. The van der Waals surface area contributed by atoms with Crippen LogP contribution in [0.4, 0.5) is 11.4 Å². The third-order valence-corrected chi connectivity index (χ3v) is 16.8. The van der Waals surface area contributed by atoms with E-state index >= 15 is 0 Å². The molecule has 7 heterocycles. The summed E-state index contributed by atoms with van der Waals surface area (Å²) in [7, 11) is 0. The first-order valence-corrected chi connectivity index (χ1v) is 32.3. The quantitative estimate of drug-likeness (QED) is 0.0223. The lowest BCUT2D eigenvalue weighted by atomic mass is 10.1. The van der Waals surface area contributed by atoms with Crippen molar-refractivity contribution in [3.8, 4) is 0 Å². The number of nitrogens with one attached hydrogen (secondary N) is 10. The minimum atomic E-state index is -2.11. The van der Waals surface area contributed by atoms with Crippen LogP contribution in [0.2, 0.25) is 0 Å². The van der Waals surface area contributed by atoms with E-state index in [0.29, 0.717) is 110 Å². The van der Waals surface area contributed by atoms with Crippen LogP contribution in [0, 0.1) is 5.41 Å². The van der Waals surface area contributed by atoms with Gasteiger partial charge in [-0.1, -0.05) is 161 Å². The Kier molecular flexibility index (Phi) is 19.3. The molecule has 0 aliphatic carbocycles. The lowest BCUT2D eigenvalue weighted by Crippen LogP contribution is -2.34. The van der Waals surface area contributed by atoms with Gasteiger partial charge in [-0.2, -0.15) is 0 Å². The summed E-state index contributed by atoms with van der Waals surface area (Å²) in [6.45, 7) is 1.88. The Balaban J connectivity index is 0.000000129. The van der Waals surface area contributed by atoms with Crippen molar-refractivity contribution in [3.05, 3.63) is 276 Å². The number of aromatic nitrogens is 7. The molecule has 15 aromatic rings. The third-order valence-electron chi connectivity index (χ3n) is 15.8. The maximum atomic E-state index is 13.3. The summed E-state index contributed by atoms with van der Waals surface area (Å²) in [6, 6.07) is 54.7. The number of pyridine rings is 7. The van der Waals surface area contributed by atoms with Crippen molar-refractivity contribution < 1.29 is 19.1 Å². The summed E-state index contributed by atoms with van der Waals surface area (Å²) in [5.41, 5.74) is 6.10. The number of rotatable bonds is 8. The maximum Gasteiger partial charge on any atom is 0.357 e. The molecule has 0 aliphatic heterocycles. The molecule has 1 amide bonds. The number of hydrogen-bond donors (Lipinski definition) is 10. The van der Waals surface area contributed by atoms with Crippen molar-refractivity contribution >= 4 is 208 Å². The molecule has 7 aromatic heterocycles. The van der Waals surface area contributed by atoms with E-state index in [1.165, 1.54) is 0 Å². The number of carbonyl (C=O) groups excluding carboxylic acids is 2. The number of hydrogen-bond acceptors (Lipinski definition) is 13. The number of anilines is 2. The number of aromatic amines is 7. The van der Waals surface area contributed by atoms with Gasteiger partial charge in [0, 0.05) is 83.0 Å².